The summed E-state index contributed by atoms with van der Waals surface area (Å²) in [6.07, 6.45) is 5.12. The van der Waals surface area contributed by atoms with E-state index in [0.717, 1.165) is 65.9 Å². The number of esters is 2. The van der Waals surface area contributed by atoms with Gasteiger partial charge in [0.15, 0.2) is 0 Å². The molecule has 0 spiro atoms. The molecule has 0 fully saturated rings. The Morgan fingerprint density at radius 1 is 0.333 bits per heavy atom. The normalized spacial score (nSPS) is 10.7. The van der Waals surface area contributed by atoms with Gasteiger partial charge in [-0.3, -0.25) is 0 Å². The molecule has 0 aliphatic rings. The fraction of sp³-hybridized carbons (Fsp3) is 0.156. The van der Waals surface area contributed by atoms with E-state index in [-0.39, 0.29) is 0 Å². The molecule has 0 saturated heterocycles. The van der Waals surface area contributed by atoms with Crippen LogP contribution in [-0.4, -0.2) is 25.2 Å². The first-order valence-electron chi connectivity index (χ1n) is 17.3. The summed E-state index contributed by atoms with van der Waals surface area (Å²) in [5.41, 5.74) is 5.29. The third-order valence-corrected chi connectivity index (χ3v) is 8.35. The fourth-order valence-electron chi connectivity index (χ4n) is 5.51. The van der Waals surface area contributed by atoms with E-state index in [4.69, 9.17) is 18.9 Å². The van der Waals surface area contributed by atoms with Gasteiger partial charge in [0.2, 0.25) is 0 Å². The van der Waals surface area contributed by atoms with Crippen LogP contribution in [0, 0.1) is 0 Å². The molecule has 6 aromatic carbocycles. The standard InChI is InChI=1S/C45H40O6/c46-44(38-20-16-36(17-21-38)34-12-6-4-7-13-34)50-42-28-24-40(25-29-42)48-32-10-2-1-3-11-33-49-41-26-30-43(31-27-41)51-45(47)39-22-18-37(19-23-39)35-14-8-5-9-15-35/h4-9,12-31H,1-3,10-11,32-33H2. The van der Waals surface area contributed by atoms with E-state index in [2.05, 4.69) is 0 Å². The molecular formula is C45H40O6. The predicted molar refractivity (Wildman–Crippen MR) is 201 cm³/mol. The van der Waals surface area contributed by atoms with E-state index in [9.17, 15) is 9.59 Å². The van der Waals surface area contributed by atoms with Crippen LogP contribution in [0.25, 0.3) is 22.3 Å². The summed E-state index contributed by atoms with van der Waals surface area (Å²) in [6, 6.07) is 49.1. The van der Waals surface area contributed by atoms with Gasteiger partial charge >= 0.3 is 11.9 Å². The minimum Gasteiger partial charge on any atom is -0.494 e. The number of carbonyl (C=O) groups is 2. The molecule has 6 aromatic rings. The van der Waals surface area contributed by atoms with Crippen molar-refractivity contribution in [3.05, 3.63) is 169 Å². The Bertz CT molecular complexity index is 1810. The van der Waals surface area contributed by atoms with E-state index in [1.807, 2.05) is 109 Å². The van der Waals surface area contributed by atoms with Crippen LogP contribution < -0.4 is 18.9 Å². The van der Waals surface area contributed by atoms with Crippen molar-refractivity contribution in [2.24, 2.45) is 0 Å². The average Bonchev–Trinajstić information content (AvgIpc) is 3.19. The van der Waals surface area contributed by atoms with Crippen molar-refractivity contribution >= 4 is 11.9 Å². The molecule has 0 aliphatic heterocycles. The van der Waals surface area contributed by atoms with Gasteiger partial charge in [-0.1, -0.05) is 104 Å². The Hall–Kier alpha value is -6.14. The monoisotopic (exact) mass is 676 g/mol. The minimum atomic E-state index is -0.397. The third-order valence-electron chi connectivity index (χ3n) is 8.35. The SMILES string of the molecule is O=C(Oc1ccc(OCCCCCCCOc2ccc(OC(=O)c3ccc(-c4ccccc4)cc3)cc2)cc1)c1ccc(-c2ccccc2)cc1. The molecule has 0 aromatic heterocycles. The van der Waals surface area contributed by atoms with Crippen molar-refractivity contribution in [2.75, 3.05) is 13.2 Å². The number of ether oxygens (including phenoxy) is 4. The lowest BCUT2D eigenvalue weighted by atomic mass is 10.0. The Kier molecular flexibility index (Phi) is 12.3. The zero-order valence-corrected chi connectivity index (χ0v) is 28.4. The number of unbranched alkanes of at least 4 members (excludes halogenated alkanes) is 4. The molecule has 0 heterocycles. The molecule has 0 atom stereocenters. The lowest BCUT2D eigenvalue weighted by Crippen LogP contribution is -2.08. The van der Waals surface area contributed by atoms with Gasteiger partial charge in [-0.25, -0.2) is 9.59 Å². The van der Waals surface area contributed by atoms with Crippen LogP contribution >= 0.6 is 0 Å². The Morgan fingerprint density at radius 2 is 0.647 bits per heavy atom. The maximum Gasteiger partial charge on any atom is 0.343 e. The Morgan fingerprint density at radius 3 is 1.02 bits per heavy atom. The quantitative estimate of drug-likeness (QED) is 0.0577. The molecule has 0 saturated carbocycles. The van der Waals surface area contributed by atoms with Crippen LogP contribution in [-0.2, 0) is 0 Å². The van der Waals surface area contributed by atoms with Crippen LogP contribution in [0.2, 0.25) is 0 Å². The van der Waals surface area contributed by atoms with Crippen molar-refractivity contribution < 1.29 is 28.5 Å². The van der Waals surface area contributed by atoms with Crippen molar-refractivity contribution in [2.45, 2.75) is 32.1 Å². The van der Waals surface area contributed by atoms with E-state index in [1.165, 1.54) is 0 Å². The third kappa shape index (κ3) is 10.4. The lowest BCUT2D eigenvalue weighted by molar-refractivity contribution is 0.0725. The smallest absolute Gasteiger partial charge is 0.343 e. The molecule has 6 rings (SSSR count). The summed E-state index contributed by atoms with van der Waals surface area (Å²) in [5.74, 6) is 1.64. The molecular weight excluding hydrogens is 636 g/mol. The van der Waals surface area contributed by atoms with Crippen LogP contribution in [0.4, 0.5) is 0 Å². The van der Waals surface area contributed by atoms with Gasteiger partial charge in [-0.15, -0.1) is 0 Å². The number of benzene rings is 6. The van der Waals surface area contributed by atoms with Crippen molar-refractivity contribution in [3.8, 4) is 45.3 Å². The van der Waals surface area contributed by atoms with Crippen molar-refractivity contribution in [3.63, 3.8) is 0 Å². The topological polar surface area (TPSA) is 71.1 Å². The van der Waals surface area contributed by atoms with Crippen molar-refractivity contribution in [1.29, 1.82) is 0 Å². The molecule has 6 nitrogen and oxygen atoms in total. The van der Waals surface area contributed by atoms with E-state index >= 15 is 0 Å². The molecule has 0 N–H and O–H groups in total. The summed E-state index contributed by atoms with van der Waals surface area (Å²) >= 11 is 0. The van der Waals surface area contributed by atoms with Gasteiger partial charge in [0, 0.05) is 0 Å². The van der Waals surface area contributed by atoms with Crippen LogP contribution in [0.15, 0.2) is 158 Å². The van der Waals surface area contributed by atoms with E-state index in [1.54, 1.807) is 48.5 Å². The number of hydrogen-bond donors (Lipinski definition) is 0. The molecule has 51 heavy (non-hydrogen) atoms. The van der Waals surface area contributed by atoms with Crippen LogP contribution in [0.5, 0.6) is 23.0 Å². The second-order valence-electron chi connectivity index (χ2n) is 12.1. The molecule has 0 aliphatic carbocycles. The lowest BCUT2D eigenvalue weighted by Gasteiger charge is -2.09. The van der Waals surface area contributed by atoms with Gasteiger partial charge in [0.25, 0.3) is 0 Å². The van der Waals surface area contributed by atoms with E-state index < -0.39 is 11.9 Å². The largest absolute Gasteiger partial charge is 0.494 e. The zero-order valence-electron chi connectivity index (χ0n) is 28.4. The van der Waals surface area contributed by atoms with Gasteiger partial charge < -0.3 is 18.9 Å². The number of carbonyl (C=O) groups excluding carboxylic acids is 2. The maximum atomic E-state index is 12.6. The van der Waals surface area contributed by atoms with Crippen LogP contribution in [0.1, 0.15) is 52.8 Å². The molecule has 0 unspecified atom stereocenters. The number of hydrogen-bond acceptors (Lipinski definition) is 6. The molecule has 256 valence electrons. The highest BCUT2D eigenvalue weighted by atomic mass is 16.5. The first-order chi connectivity index (χ1) is 25.1. The highest BCUT2D eigenvalue weighted by molar-refractivity contribution is 5.92. The van der Waals surface area contributed by atoms with E-state index in [0.29, 0.717) is 35.8 Å². The van der Waals surface area contributed by atoms with Crippen molar-refractivity contribution in [1.82, 2.24) is 0 Å². The fourth-order valence-corrected chi connectivity index (χ4v) is 5.51. The van der Waals surface area contributed by atoms with Crippen LogP contribution in [0.3, 0.4) is 0 Å². The summed E-state index contributed by atoms with van der Waals surface area (Å²) in [7, 11) is 0. The highest BCUT2D eigenvalue weighted by Gasteiger charge is 2.11. The van der Waals surface area contributed by atoms with Gasteiger partial charge in [-0.05, 0) is 108 Å². The first kappa shape index (κ1) is 34.7. The molecule has 0 amide bonds. The summed E-state index contributed by atoms with van der Waals surface area (Å²) in [4.78, 5) is 25.2. The molecule has 6 heteroatoms. The minimum absolute atomic E-state index is 0.397. The summed E-state index contributed by atoms with van der Waals surface area (Å²) < 4.78 is 22.8. The Balaban J connectivity index is 0.810. The van der Waals surface area contributed by atoms with Gasteiger partial charge in [-0.2, -0.15) is 0 Å². The second kappa shape index (κ2) is 18.0. The van der Waals surface area contributed by atoms with Gasteiger partial charge in [0.05, 0.1) is 24.3 Å². The van der Waals surface area contributed by atoms with Gasteiger partial charge in [0.1, 0.15) is 23.0 Å². The maximum absolute atomic E-state index is 12.6. The number of rotatable bonds is 16. The Labute approximate surface area is 299 Å². The summed E-state index contributed by atoms with van der Waals surface area (Å²) in [6.45, 7) is 1.25. The first-order valence-corrected chi connectivity index (χ1v) is 17.3. The summed E-state index contributed by atoms with van der Waals surface area (Å²) in [5, 5.41) is 0. The zero-order chi connectivity index (χ0) is 35.1. The highest BCUT2D eigenvalue weighted by Crippen LogP contribution is 2.24. The predicted octanol–water partition coefficient (Wildman–Crippen LogP) is 10.9. The molecule has 0 radical (unpaired) electrons. The second-order valence-corrected chi connectivity index (χ2v) is 12.1. The average molecular weight is 677 g/mol. The molecule has 0 bridgehead atoms.